The molecular formula is C43H55NO13. The maximum absolute atomic E-state index is 14.9. The second-order valence-corrected chi connectivity index (χ2v) is 17.9. The molecule has 4 aliphatic rings. The van der Waals surface area contributed by atoms with E-state index in [9.17, 15) is 39.3 Å². The molecule has 12 atom stereocenters. The number of hydrogen-bond donors (Lipinski definition) is 4. The van der Waals surface area contributed by atoms with Crippen molar-refractivity contribution in [2.75, 3.05) is 6.61 Å². The third kappa shape index (κ3) is 7.28. The van der Waals surface area contributed by atoms with Crippen molar-refractivity contribution < 1.29 is 63.0 Å². The van der Waals surface area contributed by atoms with Crippen molar-refractivity contribution in [1.29, 1.82) is 0 Å². The monoisotopic (exact) mass is 793 g/mol. The molecule has 57 heavy (non-hydrogen) atoms. The maximum atomic E-state index is 14.9. The number of alkyl carbamates (subject to hydrolysis) is 1. The molecule has 4 N–H and O–H groups in total. The van der Waals surface area contributed by atoms with Crippen LogP contribution < -0.4 is 5.32 Å². The van der Waals surface area contributed by atoms with Crippen LogP contribution in [0.15, 0.2) is 60.7 Å². The number of amides is 1. The van der Waals surface area contributed by atoms with Crippen molar-refractivity contribution in [2.24, 2.45) is 28.6 Å². The van der Waals surface area contributed by atoms with E-state index in [2.05, 4.69) is 5.32 Å². The van der Waals surface area contributed by atoms with Gasteiger partial charge in [0.2, 0.25) is 11.6 Å². The second-order valence-electron chi connectivity index (χ2n) is 17.9. The van der Waals surface area contributed by atoms with E-state index in [1.54, 1.807) is 71.9 Å². The quantitative estimate of drug-likeness (QED) is 0.163. The fourth-order valence-electron chi connectivity index (χ4n) is 9.94. The van der Waals surface area contributed by atoms with Crippen LogP contribution in [0, 0.1) is 28.6 Å². The van der Waals surface area contributed by atoms with Crippen molar-refractivity contribution >= 4 is 29.6 Å². The molecule has 1 amide bonds. The molecule has 2 aromatic carbocycles. The molecule has 1 heterocycles. The summed E-state index contributed by atoms with van der Waals surface area (Å²) in [6, 6.07) is 16.0. The minimum atomic E-state index is -2.12. The first-order valence-electron chi connectivity index (χ1n) is 19.5. The molecule has 310 valence electrons. The predicted octanol–water partition coefficient (Wildman–Crippen LogP) is 3.76. The first kappa shape index (κ1) is 42.4. The largest absolute Gasteiger partial charge is 0.460 e. The van der Waals surface area contributed by atoms with E-state index in [1.165, 1.54) is 13.8 Å². The smallest absolute Gasteiger partial charge is 0.408 e. The van der Waals surface area contributed by atoms with Gasteiger partial charge in [0.1, 0.15) is 23.4 Å². The van der Waals surface area contributed by atoms with E-state index >= 15 is 0 Å². The summed E-state index contributed by atoms with van der Waals surface area (Å²) in [7, 11) is 0. The van der Waals surface area contributed by atoms with Crippen LogP contribution in [0.4, 0.5) is 4.79 Å². The number of nitrogens with one attached hydrogen (secondary N) is 1. The van der Waals surface area contributed by atoms with Crippen molar-refractivity contribution in [2.45, 2.75) is 128 Å². The molecule has 0 spiro atoms. The first-order valence-corrected chi connectivity index (χ1v) is 19.5. The second kappa shape index (κ2) is 15.2. The minimum Gasteiger partial charge on any atom is -0.460 e. The van der Waals surface area contributed by atoms with Crippen molar-refractivity contribution in [3.63, 3.8) is 0 Å². The fraction of sp³-hybridized carbons (Fsp3) is 0.605. The molecule has 3 aliphatic carbocycles. The van der Waals surface area contributed by atoms with Crippen LogP contribution in [0.5, 0.6) is 0 Å². The van der Waals surface area contributed by atoms with Crippen LogP contribution >= 0.6 is 0 Å². The Morgan fingerprint density at radius 1 is 1.00 bits per heavy atom. The molecule has 3 unspecified atom stereocenters. The van der Waals surface area contributed by atoms with Gasteiger partial charge in [-0.2, -0.15) is 0 Å². The average Bonchev–Trinajstić information content (AvgIpc) is 3.13. The Morgan fingerprint density at radius 3 is 2.18 bits per heavy atom. The molecule has 2 aromatic rings. The summed E-state index contributed by atoms with van der Waals surface area (Å²) in [5, 5.41) is 39.4. The number of carbonyl (C=O) groups excluding carboxylic acids is 5. The summed E-state index contributed by atoms with van der Waals surface area (Å²) in [6.07, 6.45) is -8.41. The van der Waals surface area contributed by atoms with Gasteiger partial charge in [0.15, 0.2) is 11.7 Å². The molecule has 14 nitrogen and oxygen atoms in total. The number of aliphatic hydroxyl groups excluding tert-OH is 2. The van der Waals surface area contributed by atoms with Gasteiger partial charge in [-0.05, 0) is 38.8 Å². The number of rotatable bonds is 9. The number of hydrogen-bond acceptors (Lipinski definition) is 13. The summed E-state index contributed by atoms with van der Waals surface area (Å²) in [5.74, 6) is -7.20. The zero-order chi connectivity index (χ0) is 41.9. The van der Waals surface area contributed by atoms with E-state index in [0.29, 0.717) is 11.1 Å². The maximum Gasteiger partial charge on any atom is 0.408 e. The Labute approximate surface area is 332 Å². The molecule has 2 bridgehead atoms. The Kier molecular flexibility index (Phi) is 11.3. The lowest BCUT2D eigenvalue weighted by atomic mass is 9.42. The van der Waals surface area contributed by atoms with Crippen LogP contribution in [0.25, 0.3) is 0 Å². The number of fused-ring (bicyclic) bond motifs is 5. The highest BCUT2D eigenvalue weighted by molar-refractivity contribution is 6.40. The van der Waals surface area contributed by atoms with E-state index < -0.39 is 112 Å². The van der Waals surface area contributed by atoms with Gasteiger partial charge in [-0.15, -0.1) is 0 Å². The zero-order valence-corrected chi connectivity index (χ0v) is 33.7. The number of aliphatic hydroxyl groups is 3. The highest BCUT2D eigenvalue weighted by Gasteiger charge is 2.78. The van der Waals surface area contributed by atoms with Gasteiger partial charge in [0.05, 0.1) is 36.9 Å². The van der Waals surface area contributed by atoms with Gasteiger partial charge in [-0.3, -0.25) is 14.4 Å². The van der Waals surface area contributed by atoms with E-state index in [-0.39, 0.29) is 26.1 Å². The minimum absolute atomic E-state index is 0.0884. The molecule has 4 fully saturated rings. The highest BCUT2D eigenvalue weighted by Crippen LogP contribution is 2.64. The topological polar surface area (TPSA) is 204 Å². The molecule has 3 saturated carbocycles. The Hall–Kier alpha value is -4.21. The van der Waals surface area contributed by atoms with Crippen LogP contribution in [-0.2, 0) is 49.5 Å². The zero-order valence-electron chi connectivity index (χ0n) is 33.7. The first-order chi connectivity index (χ1) is 26.6. The van der Waals surface area contributed by atoms with E-state index in [4.69, 9.17) is 23.7 Å². The number of Topliss-reactive ketones (excluding diaryl/α,β-unsaturated/α-hetero) is 2. The predicted molar refractivity (Wildman–Crippen MR) is 202 cm³/mol. The molecule has 1 saturated heterocycles. The molecule has 0 aromatic heterocycles. The number of ether oxygens (including phenoxy) is 5. The number of esters is 2. The van der Waals surface area contributed by atoms with Crippen LogP contribution in [-0.4, -0.2) is 98.8 Å². The number of carbonyl (C=O) groups is 5. The van der Waals surface area contributed by atoms with Crippen LogP contribution in [0.2, 0.25) is 0 Å². The summed E-state index contributed by atoms with van der Waals surface area (Å²) < 4.78 is 30.1. The molecule has 14 heteroatoms. The van der Waals surface area contributed by atoms with Crippen LogP contribution in [0.3, 0.4) is 0 Å². The van der Waals surface area contributed by atoms with Gasteiger partial charge in [0, 0.05) is 42.9 Å². The molecule has 0 radical (unpaired) electrons. The SMILES string of the molecule is CC(=O)O[C@@]12CO[C@@H]1C[C@H](O)[C@@]1(C)C(=O)C(=O)C3C(C)[C@@H](OC(=O)[C@H](O)[C@@H](NC(=O)OC(C)(C)C)c4ccccc4)C[C@@](O)([C@@H](OCc4ccccc4)C12)C3(C)C. The molecular weight excluding hydrogens is 738 g/mol. The third-order valence-corrected chi connectivity index (χ3v) is 12.9. The van der Waals surface area contributed by atoms with Crippen molar-refractivity contribution in [3.05, 3.63) is 71.8 Å². The van der Waals surface area contributed by atoms with Gasteiger partial charge in [-0.1, -0.05) is 81.4 Å². The van der Waals surface area contributed by atoms with Gasteiger partial charge >= 0.3 is 18.0 Å². The third-order valence-electron chi connectivity index (χ3n) is 12.9. The summed E-state index contributed by atoms with van der Waals surface area (Å²) in [6.45, 7) is 12.3. The lowest BCUT2D eigenvalue weighted by Crippen LogP contribution is -2.82. The van der Waals surface area contributed by atoms with Gasteiger partial charge in [0.25, 0.3) is 0 Å². The van der Waals surface area contributed by atoms with Gasteiger partial charge in [-0.25, -0.2) is 9.59 Å². The van der Waals surface area contributed by atoms with E-state index in [1.807, 2.05) is 30.3 Å². The molecule has 6 rings (SSSR count). The average molecular weight is 794 g/mol. The van der Waals surface area contributed by atoms with E-state index in [0.717, 1.165) is 0 Å². The standard InChI is InChI=1S/C43H55NO13/c1-23-27(55-37(50)33(48)31(26-17-13-10-14-18-26)44-38(51)57-39(3,4)5)20-43(52)36(53-21-25-15-11-9-12-16-25)34-41(8,35(49)32(47)30(23)40(43,6)7)28(46)19-29-42(34,22-54-29)56-24(2)45/h9-18,23,27-31,33-34,36,46,48,52H,19-22H2,1-8H3,(H,44,51)/t23?,27-,28-,29+,30?,31-,33+,34?,36-,41+,42-,43+/m0/s1. The number of benzene rings is 2. The normalized spacial score (nSPS) is 35.5. The Bertz CT molecular complexity index is 1860. The summed E-state index contributed by atoms with van der Waals surface area (Å²) in [5.41, 5.74) is -6.88. The van der Waals surface area contributed by atoms with Crippen molar-refractivity contribution in [3.8, 4) is 0 Å². The summed E-state index contributed by atoms with van der Waals surface area (Å²) in [4.78, 5) is 69.5. The van der Waals surface area contributed by atoms with Crippen LogP contribution in [0.1, 0.15) is 85.4 Å². The Balaban J connectivity index is 1.44. The highest BCUT2D eigenvalue weighted by atomic mass is 16.6. The number of ketones is 2. The lowest BCUT2D eigenvalue weighted by Gasteiger charge is -2.68. The Morgan fingerprint density at radius 2 is 1.61 bits per heavy atom. The van der Waals surface area contributed by atoms with Gasteiger partial charge < -0.3 is 44.3 Å². The molecule has 1 aliphatic heterocycles. The summed E-state index contributed by atoms with van der Waals surface area (Å²) >= 11 is 0. The lowest BCUT2D eigenvalue weighted by molar-refractivity contribution is -0.356. The van der Waals surface area contributed by atoms with Crippen molar-refractivity contribution in [1.82, 2.24) is 5.32 Å². The fourth-order valence-corrected chi connectivity index (χ4v) is 9.94.